The highest BCUT2D eigenvalue weighted by Gasteiger charge is 2.11. The topological polar surface area (TPSA) is 44.1 Å². The Kier molecular flexibility index (Phi) is 4.39. The van der Waals surface area contributed by atoms with E-state index < -0.39 is 0 Å². The smallest absolute Gasteiger partial charge is 0.261 e. The van der Waals surface area contributed by atoms with Crippen LogP contribution >= 0.6 is 11.6 Å². The van der Waals surface area contributed by atoms with E-state index in [1.54, 1.807) is 10.6 Å². The summed E-state index contributed by atoms with van der Waals surface area (Å²) in [7, 11) is 0. The fraction of sp³-hybridized carbons (Fsp3) is 0.176. The van der Waals surface area contributed by atoms with Crippen molar-refractivity contribution in [2.24, 2.45) is 0 Å². The number of aromatic nitrogens is 2. The largest absolute Gasteiger partial charge is 0.486 e. The molecule has 1 heterocycles. The van der Waals surface area contributed by atoms with E-state index in [-0.39, 0.29) is 12.2 Å². The van der Waals surface area contributed by atoms with Gasteiger partial charge in [0.15, 0.2) is 0 Å². The summed E-state index contributed by atoms with van der Waals surface area (Å²) in [5, 5.41) is 0.594. The lowest BCUT2D eigenvalue weighted by Crippen LogP contribution is -2.27. The lowest BCUT2D eigenvalue weighted by molar-refractivity contribution is 0.287. The molecule has 3 rings (SSSR count). The molecular formula is C17H15ClN2O2. The minimum Gasteiger partial charge on any atom is -0.486 e. The first-order valence-electron chi connectivity index (χ1n) is 7.02. The number of rotatable bonds is 5. The maximum absolute atomic E-state index is 12.6. The highest BCUT2D eigenvalue weighted by molar-refractivity contribution is 6.17. The number of fused-ring (bicyclic) bond motifs is 1. The molecule has 3 aromatic rings. The quantitative estimate of drug-likeness (QED) is 0.679. The van der Waals surface area contributed by atoms with Crippen molar-refractivity contribution in [2.45, 2.75) is 13.2 Å². The molecular weight excluding hydrogens is 300 g/mol. The molecule has 0 aliphatic carbocycles. The molecule has 1 aromatic heterocycles. The van der Waals surface area contributed by atoms with Gasteiger partial charge in [-0.1, -0.05) is 30.3 Å². The molecule has 0 radical (unpaired) electrons. The number of halogens is 1. The summed E-state index contributed by atoms with van der Waals surface area (Å²) in [5.41, 5.74) is 0.586. The van der Waals surface area contributed by atoms with E-state index in [0.29, 0.717) is 29.2 Å². The van der Waals surface area contributed by atoms with E-state index in [4.69, 9.17) is 16.3 Å². The monoisotopic (exact) mass is 314 g/mol. The molecule has 0 atom stereocenters. The van der Waals surface area contributed by atoms with Crippen molar-refractivity contribution >= 4 is 22.5 Å². The minimum atomic E-state index is -0.0853. The Bertz CT molecular complexity index is 831. The maximum Gasteiger partial charge on any atom is 0.261 e. The fourth-order valence-corrected chi connectivity index (χ4v) is 2.47. The summed E-state index contributed by atoms with van der Waals surface area (Å²) in [5.74, 6) is 1.66. The minimum absolute atomic E-state index is 0.0853. The van der Waals surface area contributed by atoms with Crippen LogP contribution in [0.5, 0.6) is 5.75 Å². The van der Waals surface area contributed by atoms with Gasteiger partial charge in [0.2, 0.25) is 0 Å². The lowest BCUT2D eigenvalue weighted by atomic mass is 10.2. The van der Waals surface area contributed by atoms with Gasteiger partial charge in [-0.15, -0.1) is 11.6 Å². The molecule has 0 bridgehead atoms. The zero-order valence-corrected chi connectivity index (χ0v) is 12.7. The van der Waals surface area contributed by atoms with Gasteiger partial charge in [0, 0.05) is 12.4 Å². The summed E-state index contributed by atoms with van der Waals surface area (Å²) in [6.45, 7) is 0.632. The van der Waals surface area contributed by atoms with E-state index in [1.807, 2.05) is 48.5 Å². The van der Waals surface area contributed by atoms with Crippen LogP contribution in [0.4, 0.5) is 0 Å². The molecule has 0 aliphatic heterocycles. The SMILES string of the molecule is O=c1c2ccccc2nc(COc2ccccc2)n1CCCl. The normalized spacial score (nSPS) is 10.8. The van der Waals surface area contributed by atoms with Crippen molar-refractivity contribution in [3.05, 3.63) is 70.8 Å². The van der Waals surface area contributed by atoms with Gasteiger partial charge in [-0.2, -0.15) is 0 Å². The number of benzene rings is 2. The van der Waals surface area contributed by atoms with Crippen LogP contribution in [0.1, 0.15) is 5.82 Å². The summed E-state index contributed by atoms with van der Waals surface area (Å²) < 4.78 is 7.30. The Morgan fingerprint density at radius 2 is 1.77 bits per heavy atom. The van der Waals surface area contributed by atoms with E-state index >= 15 is 0 Å². The van der Waals surface area contributed by atoms with E-state index in [0.717, 1.165) is 5.75 Å². The highest BCUT2D eigenvalue weighted by atomic mass is 35.5. The lowest BCUT2D eigenvalue weighted by Gasteiger charge is -2.13. The van der Waals surface area contributed by atoms with Gasteiger partial charge in [0.05, 0.1) is 10.9 Å². The molecule has 5 heteroatoms. The number of ether oxygens (including phenoxy) is 1. The van der Waals surface area contributed by atoms with Crippen molar-refractivity contribution in [1.29, 1.82) is 0 Å². The molecule has 0 amide bonds. The van der Waals surface area contributed by atoms with Crippen LogP contribution < -0.4 is 10.3 Å². The first-order valence-corrected chi connectivity index (χ1v) is 7.55. The van der Waals surface area contributed by atoms with Gasteiger partial charge in [0.1, 0.15) is 18.2 Å². The van der Waals surface area contributed by atoms with Crippen molar-refractivity contribution < 1.29 is 4.74 Å². The standard InChI is InChI=1S/C17H15ClN2O2/c18-10-11-20-16(12-22-13-6-2-1-3-7-13)19-15-9-5-4-8-14(15)17(20)21/h1-9H,10-12H2. The van der Waals surface area contributed by atoms with Gasteiger partial charge < -0.3 is 4.74 Å². The summed E-state index contributed by atoms with van der Waals surface area (Å²) in [4.78, 5) is 17.1. The molecule has 0 spiro atoms. The summed E-state index contributed by atoms with van der Waals surface area (Å²) in [6.07, 6.45) is 0. The third kappa shape index (κ3) is 2.97. The van der Waals surface area contributed by atoms with Crippen LogP contribution in [0.15, 0.2) is 59.4 Å². The van der Waals surface area contributed by atoms with E-state index in [9.17, 15) is 4.79 Å². The van der Waals surface area contributed by atoms with Gasteiger partial charge in [-0.3, -0.25) is 9.36 Å². The fourth-order valence-electron chi connectivity index (χ4n) is 2.30. The average molecular weight is 315 g/mol. The molecule has 0 saturated carbocycles. The van der Waals surface area contributed by atoms with Crippen molar-refractivity contribution in [3.63, 3.8) is 0 Å². The summed E-state index contributed by atoms with van der Waals surface area (Å²) >= 11 is 5.82. The third-order valence-electron chi connectivity index (χ3n) is 3.36. The van der Waals surface area contributed by atoms with Crippen molar-refractivity contribution in [2.75, 3.05) is 5.88 Å². The molecule has 2 aromatic carbocycles. The van der Waals surface area contributed by atoms with Gasteiger partial charge in [-0.05, 0) is 24.3 Å². The molecule has 0 N–H and O–H groups in total. The molecule has 0 fully saturated rings. The Balaban J connectivity index is 2.00. The van der Waals surface area contributed by atoms with Crippen LogP contribution in [0, 0.1) is 0 Å². The molecule has 112 valence electrons. The van der Waals surface area contributed by atoms with Gasteiger partial charge >= 0.3 is 0 Å². The second kappa shape index (κ2) is 6.62. The van der Waals surface area contributed by atoms with E-state index in [2.05, 4.69) is 4.98 Å². The summed E-state index contributed by atoms with van der Waals surface area (Å²) in [6, 6.07) is 16.7. The second-order valence-electron chi connectivity index (χ2n) is 4.79. The van der Waals surface area contributed by atoms with Crippen LogP contribution in [0.2, 0.25) is 0 Å². The zero-order valence-electron chi connectivity index (χ0n) is 11.9. The third-order valence-corrected chi connectivity index (χ3v) is 3.53. The Hall–Kier alpha value is -2.33. The zero-order chi connectivity index (χ0) is 15.4. The Morgan fingerprint density at radius 1 is 1.05 bits per heavy atom. The van der Waals surface area contributed by atoms with Crippen LogP contribution in [0.3, 0.4) is 0 Å². The van der Waals surface area contributed by atoms with Crippen molar-refractivity contribution in [1.82, 2.24) is 9.55 Å². The van der Waals surface area contributed by atoms with Crippen LogP contribution in [-0.4, -0.2) is 15.4 Å². The Labute approximate surface area is 132 Å². The highest BCUT2D eigenvalue weighted by Crippen LogP contribution is 2.13. The number of nitrogens with zero attached hydrogens (tertiary/aromatic N) is 2. The maximum atomic E-state index is 12.6. The molecule has 22 heavy (non-hydrogen) atoms. The number of alkyl halides is 1. The number of para-hydroxylation sites is 2. The average Bonchev–Trinajstić information content (AvgIpc) is 2.57. The molecule has 0 aliphatic rings. The first-order chi connectivity index (χ1) is 10.8. The molecule has 0 saturated heterocycles. The Morgan fingerprint density at radius 3 is 2.55 bits per heavy atom. The van der Waals surface area contributed by atoms with E-state index in [1.165, 1.54) is 0 Å². The predicted octanol–water partition coefficient (Wildman–Crippen LogP) is 3.21. The molecule has 4 nitrogen and oxygen atoms in total. The van der Waals surface area contributed by atoms with Crippen LogP contribution in [0.25, 0.3) is 10.9 Å². The van der Waals surface area contributed by atoms with Crippen LogP contribution in [-0.2, 0) is 13.2 Å². The molecule has 0 unspecified atom stereocenters. The number of hydrogen-bond acceptors (Lipinski definition) is 3. The predicted molar refractivity (Wildman–Crippen MR) is 87.5 cm³/mol. The van der Waals surface area contributed by atoms with Gasteiger partial charge in [0.25, 0.3) is 5.56 Å². The second-order valence-corrected chi connectivity index (χ2v) is 5.17. The van der Waals surface area contributed by atoms with Crippen molar-refractivity contribution in [3.8, 4) is 5.75 Å². The van der Waals surface area contributed by atoms with Gasteiger partial charge in [-0.25, -0.2) is 4.98 Å². The first kappa shape index (κ1) is 14.6. The number of hydrogen-bond donors (Lipinski definition) is 0.